The summed E-state index contributed by atoms with van der Waals surface area (Å²) < 4.78 is 5.91. The first-order chi connectivity index (χ1) is 5.24. The van der Waals surface area contributed by atoms with Crippen LogP contribution < -0.4 is 0 Å². The van der Waals surface area contributed by atoms with Crippen molar-refractivity contribution in [2.24, 2.45) is 4.99 Å². The van der Waals surface area contributed by atoms with Gasteiger partial charge >= 0.3 is 0 Å². The van der Waals surface area contributed by atoms with E-state index in [0.717, 1.165) is 4.47 Å². The lowest BCUT2D eigenvalue weighted by molar-refractivity contribution is 0.477. The van der Waals surface area contributed by atoms with Crippen LogP contribution in [0.4, 0.5) is 0 Å². The number of nitrogens with zero attached hydrogens (tertiary/aromatic N) is 1. The molecule has 1 aromatic rings. The van der Waals surface area contributed by atoms with Gasteiger partial charge in [0.2, 0.25) is 6.08 Å². The van der Waals surface area contributed by atoms with Gasteiger partial charge in [-0.3, -0.25) is 0 Å². The largest absolute Gasteiger partial charge is 0.466 e. The van der Waals surface area contributed by atoms with E-state index < -0.39 is 0 Å². The Bertz CT molecular complexity index is 288. The Morgan fingerprint density at radius 3 is 3.00 bits per heavy atom. The molecule has 0 bridgehead atoms. The molecular weight excluding hydrogens is 210 g/mol. The van der Waals surface area contributed by atoms with Gasteiger partial charge in [0.15, 0.2) is 0 Å². The van der Waals surface area contributed by atoms with Gasteiger partial charge in [-0.15, -0.1) is 0 Å². The van der Waals surface area contributed by atoms with Crippen LogP contribution in [-0.2, 0) is 4.79 Å². The van der Waals surface area contributed by atoms with Crippen LogP contribution in [0, 0.1) is 0 Å². The van der Waals surface area contributed by atoms with Crippen LogP contribution in [0.3, 0.4) is 0 Å². The standard InChI is InChI=1S/C7H6BrNO2/c1-5(9-4-10)7-2-6(8)3-11-7/h2-3,5H,1H3. The molecule has 0 aliphatic rings. The van der Waals surface area contributed by atoms with Gasteiger partial charge in [0.1, 0.15) is 18.1 Å². The fourth-order valence-corrected chi connectivity index (χ4v) is 1.01. The summed E-state index contributed by atoms with van der Waals surface area (Å²) in [4.78, 5) is 13.3. The summed E-state index contributed by atoms with van der Waals surface area (Å²) in [5, 5.41) is 0. The van der Waals surface area contributed by atoms with Crippen LogP contribution in [0.2, 0.25) is 0 Å². The van der Waals surface area contributed by atoms with Gasteiger partial charge in [-0.25, -0.2) is 4.79 Å². The molecular formula is C7H6BrNO2. The van der Waals surface area contributed by atoms with Crippen LogP contribution in [0.15, 0.2) is 26.2 Å². The van der Waals surface area contributed by atoms with Gasteiger partial charge in [0.05, 0.1) is 4.47 Å². The van der Waals surface area contributed by atoms with Crippen LogP contribution in [0.1, 0.15) is 18.7 Å². The lowest BCUT2D eigenvalue weighted by Gasteiger charge is -1.95. The molecule has 3 nitrogen and oxygen atoms in total. The molecule has 1 aromatic heterocycles. The summed E-state index contributed by atoms with van der Waals surface area (Å²) in [6, 6.07) is 1.52. The van der Waals surface area contributed by atoms with E-state index in [9.17, 15) is 4.79 Å². The quantitative estimate of drug-likeness (QED) is 0.562. The maximum Gasteiger partial charge on any atom is 0.235 e. The minimum absolute atomic E-state index is 0.251. The van der Waals surface area contributed by atoms with E-state index in [-0.39, 0.29) is 6.04 Å². The van der Waals surface area contributed by atoms with Crippen molar-refractivity contribution in [2.45, 2.75) is 13.0 Å². The number of furan rings is 1. The van der Waals surface area contributed by atoms with Crippen molar-refractivity contribution in [3.8, 4) is 0 Å². The molecule has 0 aliphatic carbocycles. The van der Waals surface area contributed by atoms with Crippen molar-refractivity contribution in [2.75, 3.05) is 0 Å². The molecule has 0 N–H and O–H groups in total. The van der Waals surface area contributed by atoms with E-state index in [2.05, 4.69) is 20.9 Å². The van der Waals surface area contributed by atoms with Crippen LogP contribution in [-0.4, -0.2) is 6.08 Å². The lowest BCUT2D eigenvalue weighted by Crippen LogP contribution is -1.83. The Labute approximate surface area is 72.2 Å². The topological polar surface area (TPSA) is 42.6 Å². The van der Waals surface area contributed by atoms with E-state index in [0.29, 0.717) is 5.76 Å². The molecule has 1 atom stereocenters. The molecule has 0 spiro atoms. The van der Waals surface area contributed by atoms with E-state index >= 15 is 0 Å². The van der Waals surface area contributed by atoms with Crippen molar-refractivity contribution in [1.29, 1.82) is 0 Å². The minimum atomic E-state index is -0.251. The smallest absolute Gasteiger partial charge is 0.235 e. The van der Waals surface area contributed by atoms with Crippen LogP contribution >= 0.6 is 15.9 Å². The summed E-state index contributed by atoms with van der Waals surface area (Å²) in [6.07, 6.45) is 3.02. The number of halogens is 1. The normalized spacial score (nSPS) is 12.2. The van der Waals surface area contributed by atoms with Gasteiger partial charge in [0.25, 0.3) is 0 Å². The number of hydrogen-bond acceptors (Lipinski definition) is 3. The van der Waals surface area contributed by atoms with Crippen molar-refractivity contribution in [3.05, 3.63) is 22.6 Å². The molecule has 0 saturated heterocycles. The minimum Gasteiger partial charge on any atom is -0.466 e. The van der Waals surface area contributed by atoms with Crippen molar-refractivity contribution in [3.63, 3.8) is 0 Å². The first kappa shape index (κ1) is 8.24. The highest BCUT2D eigenvalue weighted by molar-refractivity contribution is 9.10. The molecule has 0 saturated carbocycles. The maximum absolute atomic E-state index is 9.85. The van der Waals surface area contributed by atoms with Gasteiger partial charge < -0.3 is 4.42 Å². The molecule has 0 radical (unpaired) electrons. The molecule has 0 amide bonds. The third-order valence-corrected chi connectivity index (χ3v) is 1.66. The molecule has 0 aliphatic heterocycles. The molecule has 0 fully saturated rings. The van der Waals surface area contributed by atoms with Crippen LogP contribution in [0.5, 0.6) is 0 Å². The second kappa shape index (κ2) is 3.51. The summed E-state index contributed by atoms with van der Waals surface area (Å²) in [7, 11) is 0. The number of aliphatic imine (C=N–C) groups is 1. The molecule has 1 rings (SSSR count). The third-order valence-electron chi connectivity index (χ3n) is 1.25. The van der Waals surface area contributed by atoms with Crippen molar-refractivity contribution in [1.82, 2.24) is 0 Å². The highest BCUT2D eigenvalue weighted by Gasteiger charge is 2.07. The summed E-state index contributed by atoms with van der Waals surface area (Å²) in [5.74, 6) is 0.653. The van der Waals surface area contributed by atoms with Gasteiger partial charge in [-0.1, -0.05) is 0 Å². The third kappa shape index (κ3) is 2.03. The predicted octanol–water partition coefficient (Wildman–Crippen LogP) is 2.44. The van der Waals surface area contributed by atoms with Crippen molar-refractivity contribution < 1.29 is 9.21 Å². The predicted molar refractivity (Wildman–Crippen MR) is 42.9 cm³/mol. The summed E-state index contributed by atoms with van der Waals surface area (Å²) >= 11 is 3.22. The fraction of sp³-hybridized carbons (Fsp3) is 0.286. The molecule has 1 heterocycles. The first-order valence-electron chi connectivity index (χ1n) is 3.05. The highest BCUT2D eigenvalue weighted by atomic mass is 79.9. The second-order valence-electron chi connectivity index (χ2n) is 2.06. The summed E-state index contributed by atoms with van der Waals surface area (Å²) in [5.41, 5.74) is 0. The SMILES string of the molecule is CC(N=C=O)c1cc(Br)co1. The monoisotopic (exact) mass is 215 g/mol. The highest BCUT2D eigenvalue weighted by Crippen LogP contribution is 2.21. The zero-order chi connectivity index (χ0) is 8.27. The Balaban J connectivity index is 2.84. The Morgan fingerprint density at radius 2 is 2.55 bits per heavy atom. The fourth-order valence-electron chi connectivity index (χ4n) is 0.690. The van der Waals surface area contributed by atoms with Crippen molar-refractivity contribution >= 4 is 22.0 Å². The second-order valence-corrected chi connectivity index (χ2v) is 2.98. The molecule has 4 heteroatoms. The zero-order valence-electron chi connectivity index (χ0n) is 5.87. The average Bonchev–Trinajstić information content (AvgIpc) is 2.36. The Morgan fingerprint density at radius 1 is 1.82 bits per heavy atom. The molecule has 1 unspecified atom stereocenters. The average molecular weight is 216 g/mol. The lowest BCUT2D eigenvalue weighted by atomic mass is 10.3. The van der Waals surface area contributed by atoms with E-state index in [1.54, 1.807) is 19.3 Å². The Hall–Kier alpha value is -0.860. The zero-order valence-corrected chi connectivity index (χ0v) is 7.46. The van der Waals surface area contributed by atoms with E-state index in [1.165, 1.54) is 6.08 Å². The van der Waals surface area contributed by atoms with E-state index in [4.69, 9.17) is 4.42 Å². The number of carbonyl (C=O) groups excluding carboxylic acids is 1. The van der Waals surface area contributed by atoms with Gasteiger partial charge in [-0.2, -0.15) is 4.99 Å². The number of rotatable bonds is 2. The van der Waals surface area contributed by atoms with Gasteiger partial charge in [0, 0.05) is 0 Å². The van der Waals surface area contributed by atoms with Gasteiger partial charge in [-0.05, 0) is 28.9 Å². The number of isocyanates is 1. The van der Waals surface area contributed by atoms with E-state index in [1.807, 2.05) is 0 Å². The number of hydrogen-bond donors (Lipinski definition) is 0. The first-order valence-corrected chi connectivity index (χ1v) is 3.84. The van der Waals surface area contributed by atoms with Crippen LogP contribution in [0.25, 0.3) is 0 Å². The summed E-state index contributed by atoms with van der Waals surface area (Å²) in [6.45, 7) is 1.76. The molecule has 0 aromatic carbocycles. The maximum atomic E-state index is 9.85. The Kier molecular flexibility index (Phi) is 2.63. The molecule has 58 valence electrons. The molecule has 11 heavy (non-hydrogen) atoms.